The van der Waals surface area contributed by atoms with Crippen molar-refractivity contribution in [2.75, 3.05) is 18.0 Å². The van der Waals surface area contributed by atoms with Gasteiger partial charge >= 0.3 is 0 Å². The van der Waals surface area contributed by atoms with Crippen molar-refractivity contribution in [3.8, 4) is 5.75 Å². The largest absolute Gasteiger partial charge is 0.497 e. The molecule has 0 unspecified atom stereocenters. The molecule has 1 amide bonds. The van der Waals surface area contributed by atoms with E-state index in [2.05, 4.69) is 5.32 Å². The number of rotatable bonds is 8. The predicted octanol–water partition coefficient (Wildman–Crippen LogP) is 3.65. The highest BCUT2D eigenvalue weighted by Crippen LogP contribution is 2.27. The molecule has 6 nitrogen and oxygen atoms in total. The highest BCUT2D eigenvalue weighted by atomic mass is 32.2. The van der Waals surface area contributed by atoms with Crippen LogP contribution in [0.4, 0.5) is 10.1 Å². The van der Waals surface area contributed by atoms with Gasteiger partial charge in [0, 0.05) is 12.6 Å². The fourth-order valence-electron chi connectivity index (χ4n) is 2.91. The van der Waals surface area contributed by atoms with E-state index in [1.54, 1.807) is 48.5 Å². The normalized spacial score (nSPS) is 11.1. The van der Waals surface area contributed by atoms with E-state index < -0.39 is 22.5 Å². The average molecular weight is 443 g/mol. The number of halogens is 1. The third-order valence-electron chi connectivity index (χ3n) is 4.64. The summed E-state index contributed by atoms with van der Waals surface area (Å²) in [5.41, 5.74) is 1.92. The quantitative estimate of drug-likeness (QED) is 0.578. The second-order valence-electron chi connectivity index (χ2n) is 6.93. The standard InChI is InChI=1S/C23H23FN2O4S/c1-17-6-12-22(13-7-17)31(28,29)26(20-4-3-5-21(14-20)30-2)16-23(27)25-15-18-8-10-19(24)11-9-18/h3-14H,15-16H2,1-2H3,(H,25,27). The van der Waals surface area contributed by atoms with E-state index >= 15 is 0 Å². The fraction of sp³-hybridized carbons (Fsp3) is 0.174. The number of amides is 1. The average Bonchev–Trinajstić information content (AvgIpc) is 2.77. The minimum absolute atomic E-state index is 0.0762. The molecule has 0 aromatic heterocycles. The van der Waals surface area contributed by atoms with E-state index in [0.29, 0.717) is 17.0 Å². The Balaban J connectivity index is 1.87. The highest BCUT2D eigenvalue weighted by molar-refractivity contribution is 7.92. The first-order valence-corrected chi connectivity index (χ1v) is 11.0. The van der Waals surface area contributed by atoms with E-state index in [9.17, 15) is 17.6 Å². The van der Waals surface area contributed by atoms with Crippen molar-refractivity contribution < 1.29 is 22.3 Å². The lowest BCUT2D eigenvalue weighted by atomic mass is 10.2. The number of methoxy groups -OCH3 is 1. The number of nitrogens with one attached hydrogen (secondary N) is 1. The molecule has 0 radical (unpaired) electrons. The van der Waals surface area contributed by atoms with Crippen LogP contribution >= 0.6 is 0 Å². The van der Waals surface area contributed by atoms with Crippen LogP contribution in [0.5, 0.6) is 5.75 Å². The van der Waals surface area contributed by atoms with Crippen molar-refractivity contribution in [1.82, 2.24) is 5.32 Å². The van der Waals surface area contributed by atoms with Gasteiger partial charge in [0.2, 0.25) is 5.91 Å². The Morgan fingerprint density at radius 1 is 1.03 bits per heavy atom. The minimum Gasteiger partial charge on any atom is -0.497 e. The van der Waals surface area contributed by atoms with Gasteiger partial charge in [0.25, 0.3) is 10.0 Å². The van der Waals surface area contributed by atoms with Crippen LogP contribution in [0, 0.1) is 12.7 Å². The highest BCUT2D eigenvalue weighted by Gasteiger charge is 2.27. The molecule has 3 aromatic rings. The number of aryl methyl sites for hydroxylation is 1. The Kier molecular flexibility index (Phi) is 6.91. The van der Waals surface area contributed by atoms with Crippen LogP contribution in [0.25, 0.3) is 0 Å². The second kappa shape index (κ2) is 9.61. The zero-order chi connectivity index (χ0) is 22.4. The Morgan fingerprint density at radius 3 is 2.35 bits per heavy atom. The number of anilines is 1. The summed E-state index contributed by atoms with van der Waals surface area (Å²) in [5, 5.41) is 2.68. The predicted molar refractivity (Wildman–Crippen MR) is 117 cm³/mol. The maximum absolute atomic E-state index is 13.4. The molecule has 1 N–H and O–H groups in total. The lowest BCUT2D eigenvalue weighted by molar-refractivity contribution is -0.119. The smallest absolute Gasteiger partial charge is 0.264 e. The van der Waals surface area contributed by atoms with Gasteiger partial charge in [-0.25, -0.2) is 12.8 Å². The van der Waals surface area contributed by atoms with Crippen molar-refractivity contribution in [2.45, 2.75) is 18.4 Å². The summed E-state index contributed by atoms with van der Waals surface area (Å²) in [6.45, 7) is 1.58. The van der Waals surface area contributed by atoms with Gasteiger partial charge in [-0.2, -0.15) is 0 Å². The number of hydrogen-bond acceptors (Lipinski definition) is 4. The number of carbonyl (C=O) groups excluding carboxylic acids is 1. The first kappa shape index (κ1) is 22.3. The molecule has 0 heterocycles. The van der Waals surface area contributed by atoms with Gasteiger partial charge in [-0.15, -0.1) is 0 Å². The van der Waals surface area contributed by atoms with E-state index in [1.807, 2.05) is 6.92 Å². The lowest BCUT2D eigenvalue weighted by Crippen LogP contribution is -2.40. The molecule has 8 heteroatoms. The maximum Gasteiger partial charge on any atom is 0.264 e. The van der Waals surface area contributed by atoms with Gasteiger partial charge in [-0.05, 0) is 48.9 Å². The molecule has 0 saturated heterocycles. The molecule has 0 bridgehead atoms. The second-order valence-corrected chi connectivity index (χ2v) is 8.79. The fourth-order valence-corrected chi connectivity index (χ4v) is 4.32. The molecule has 0 atom stereocenters. The SMILES string of the molecule is COc1cccc(N(CC(=O)NCc2ccc(F)cc2)S(=O)(=O)c2ccc(C)cc2)c1. The van der Waals surface area contributed by atoms with Crippen molar-refractivity contribution >= 4 is 21.6 Å². The van der Waals surface area contributed by atoms with Gasteiger partial charge in [-0.3, -0.25) is 9.10 Å². The number of hydrogen-bond donors (Lipinski definition) is 1. The first-order chi connectivity index (χ1) is 14.8. The molecule has 0 aliphatic rings. The summed E-state index contributed by atoms with van der Waals surface area (Å²) in [6.07, 6.45) is 0. The molecule has 0 saturated carbocycles. The molecular formula is C23H23FN2O4S. The van der Waals surface area contributed by atoms with Crippen LogP contribution in [0.3, 0.4) is 0 Å². The first-order valence-electron chi connectivity index (χ1n) is 9.54. The van der Waals surface area contributed by atoms with Crippen LogP contribution in [-0.4, -0.2) is 28.0 Å². The van der Waals surface area contributed by atoms with Crippen LogP contribution in [0.1, 0.15) is 11.1 Å². The van der Waals surface area contributed by atoms with E-state index in [1.165, 1.54) is 31.4 Å². The molecule has 31 heavy (non-hydrogen) atoms. The summed E-state index contributed by atoms with van der Waals surface area (Å²) in [7, 11) is -2.53. The summed E-state index contributed by atoms with van der Waals surface area (Å²) in [4.78, 5) is 12.7. The zero-order valence-electron chi connectivity index (χ0n) is 17.2. The van der Waals surface area contributed by atoms with Crippen LogP contribution in [0.2, 0.25) is 0 Å². The number of ether oxygens (including phenoxy) is 1. The van der Waals surface area contributed by atoms with Crippen molar-refractivity contribution in [3.63, 3.8) is 0 Å². The van der Waals surface area contributed by atoms with Crippen LogP contribution in [0.15, 0.2) is 77.7 Å². The molecule has 0 aliphatic carbocycles. The topological polar surface area (TPSA) is 75.7 Å². The Bertz CT molecular complexity index is 1150. The number of benzene rings is 3. The Morgan fingerprint density at radius 2 is 1.71 bits per heavy atom. The van der Waals surface area contributed by atoms with Crippen molar-refractivity contribution in [3.05, 3.63) is 89.7 Å². The van der Waals surface area contributed by atoms with Crippen LogP contribution < -0.4 is 14.4 Å². The van der Waals surface area contributed by atoms with E-state index in [4.69, 9.17) is 4.74 Å². The van der Waals surface area contributed by atoms with Gasteiger partial charge in [0.05, 0.1) is 17.7 Å². The van der Waals surface area contributed by atoms with Crippen molar-refractivity contribution in [2.24, 2.45) is 0 Å². The van der Waals surface area contributed by atoms with Gasteiger partial charge in [-0.1, -0.05) is 35.9 Å². The summed E-state index contributed by atoms with van der Waals surface area (Å²) in [5.74, 6) is -0.403. The van der Waals surface area contributed by atoms with E-state index in [0.717, 1.165) is 9.87 Å². The summed E-state index contributed by atoms with van der Waals surface area (Å²) >= 11 is 0. The molecule has 0 spiro atoms. The van der Waals surface area contributed by atoms with Gasteiger partial charge < -0.3 is 10.1 Å². The molecular weight excluding hydrogens is 419 g/mol. The third-order valence-corrected chi connectivity index (χ3v) is 6.43. The maximum atomic E-state index is 13.4. The van der Waals surface area contributed by atoms with Gasteiger partial charge in [0.1, 0.15) is 18.1 Å². The van der Waals surface area contributed by atoms with Crippen LogP contribution in [-0.2, 0) is 21.4 Å². The van der Waals surface area contributed by atoms with Gasteiger partial charge in [0.15, 0.2) is 0 Å². The van der Waals surface area contributed by atoms with Crippen molar-refractivity contribution in [1.29, 1.82) is 0 Å². The molecule has 162 valence electrons. The minimum atomic E-state index is -4.01. The Labute approximate surface area is 181 Å². The number of carbonyl (C=O) groups is 1. The molecule has 0 aliphatic heterocycles. The molecule has 0 fully saturated rings. The molecule has 3 aromatic carbocycles. The lowest BCUT2D eigenvalue weighted by Gasteiger charge is -2.24. The van der Waals surface area contributed by atoms with E-state index in [-0.39, 0.29) is 17.3 Å². The molecule has 3 rings (SSSR count). The Hall–Kier alpha value is -3.39. The summed E-state index contributed by atoms with van der Waals surface area (Å²) in [6, 6.07) is 18.6. The summed E-state index contributed by atoms with van der Waals surface area (Å²) < 4.78 is 46.0. The zero-order valence-corrected chi connectivity index (χ0v) is 18.0. The third kappa shape index (κ3) is 5.61. The monoisotopic (exact) mass is 442 g/mol. The number of nitrogens with zero attached hydrogens (tertiary/aromatic N) is 1. The number of sulfonamides is 1.